The SMILES string of the molecule is c1ccc(-c2cccc(-c3nc(-c4ccccc4)nc(-c4ccc5c6ccccc6n(-c6cccc(-c7ccccc7)c6)c5c4)n3)c2)cc1. The number of aromatic nitrogens is 4. The normalized spacial score (nSPS) is 11.3. The van der Waals surface area contributed by atoms with Crippen LogP contribution in [0.1, 0.15) is 0 Å². The topological polar surface area (TPSA) is 43.6 Å². The summed E-state index contributed by atoms with van der Waals surface area (Å²) in [5, 5.41) is 2.38. The van der Waals surface area contributed by atoms with E-state index in [2.05, 4.69) is 150 Å². The molecule has 9 rings (SSSR count). The van der Waals surface area contributed by atoms with Crippen molar-refractivity contribution in [3.63, 3.8) is 0 Å². The fraction of sp³-hybridized carbons (Fsp3) is 0. The first-order valence-electron chi connectivity index (χ1n) is 16.5. The molecule has 0 spiro atoms. The summed E-state index contributed by atoms with van der Waals surface area (Å²) in [4.78, 5) is 15.2. The quantitative estimate of drug-likeness (QED) is 0.184. The molecule has 0 aliphatic heterocycles. The van der Waals surface area contributed by atoms with E-state index in [9.17, 15) is 0 Å². The number of nitrogens with zero attached hydrogens (tertiary/aromatic N) is 4. The molecule has 0 unspecified atom stereocenters. The maximum absolute atomic E-state index is 5.12. The van der Waals surface area contributed by atoms with E-state index in [1.165, 1.54) is 21.9 Å². The molecule has 7 aromatic carbocycles. The molecule has 9 aromatic rings. The van der Waals surface area contributed by atoms with Crippen LogP contribution in [-0.4, -0.2) is 19.5 Å². The molecule has 0 bridgehead atoms. The molecule has 2 heterocycles. The molecule has 0 fully saturated rings. The highest BCUT2D eigenvalue weighted by Gasteiger charge is 2.17. The van der Waals surface area contributed by atoms with Crippen molar-refractivity contribution in [3.05, 3.63) is 182 Å². The Morgan fingerprint density at radius 3 is 1.43 bits per heavy atom. The van der Waals surface area contributed by atoms with Crippen LogP contribution in [0.25, 0.3) is 83.9 Å². The summed E-state index contributed by atoms with van der Waals surface area (Å²) in [7, 11) is 0. The molecule has 0 radical (unpaired) electrons. The van der Waals surface area contributed by atoms with E-state index in [4.69, 9.17) is 15.0 Å². The van der Waals surface area contributed by atoms with Crippen molar-refractivity contribution in [1.29, 1.82) is 0 Å². The second-order valence-electron chi connectivity index (χ2n) is 12.1. The van der Waals surface area contributed by atoms with Gasteiger partial charge in [0.15, 0.2) is 17.5 Å². The van der Waals surface area contributed by atoms with Crippen LogP contribution in [0.15, 0.2) is 182 Å². The molecule has 230 valence electrons. The van der Waals surface area contributed by atoms with Crippen molar-refractivity contribution in [1.82, 2.24) is 19.5 Å². The minimum Gasteiger partial charge on any atom is -0.309 e. The Morgan fingerprint density at radius 2 is 0.755 bits per heavy atom. The van der Waals surface area contributed by atoms with Crippen molar-refractivity contribution in [2.45, 2.75) is 0 Å². The predicted molar refractivity (Wildman–Crippen MR) is 201 cm³/mol. The zero-order valence-corrected chi connectivity index (χ0v) is 26.6. The molecule has 0 aliphatic carbocycles. The van der Waals surface area contributed by atoms with Gasteiger partial charge in [0.25, 0.3) is 0 Å². The van der Waals surface area contributed by atoms with Crippen LogP contribution in [0.2, 0.25) is 0 Å². The molecule has 0 aliphatic rings. The number of hydrogen-bond acceptors (Lipinski definition) is 3. The Morgan fingerprint density at radius 1 is 0.286 bits per heavy atom. The summed E-state index contributed by atoms with van der Waals surface area (Å²) in [5.74, 6) is 1.91. The lowest BCUT2D eigenvalue weighted by Gasteiger charge is -2.12. The smallest absolute Gasteiger partial charge is 0.164 e. The Kier molecular flexibility index (Phi) is 7.10. The summed E-state index contributed by atoms with van der Waals surface area (Å²) in [6, 6.07) is 63.4. The van der Waals surface area contributed by atoms with Crippen LogP contribution in [-0.2, 0) is 0 Å². The van der Waals surface area contributed by atoms with Gasteiger partial charge in [-0.1, -0.05) is 152 Å². The lowest BCUT2D eigenvalue weighted by molar-refractivity contribution is 1.07. The third-order valence-corrected chi connectivity index (χ3v) is 9.04. The fourth-order valence-electron chi connectivity index (χ4n) is 6.66. The molecule has 0 saturated carbocycles. The van der Waals surface area contributed by atoms with Gasteiger partial charge in [0.05, 0.1) is 11.0 Å². The number of fused-ring (bicyclic) bond motifs is 3. The zero-order chi connectivity index (χ0) is 32.6. The van der Waals surface area contributed by atoms with Crippen LogP contribution in [0.3, 0.4) is 0 Å². The number of benzene rings is 7. The van der Waals surface area contributed by atoms with E-state index in [0.717, 1.165) is 44.5 Å². The molecular formula is C45H30N4. The van der Waals surface area contributed by atoms with Crippen LogP contribution in [0.4, 0.5) is 0 Å². The van der Waals surface area contributed by atoms with Crippen LogP contribution >= 0.6 is 0 Å². The van der Waals surface area contributed by atoms with Gasteiger partial charge in [0, 0.05) is 33.2 Å². The van der Waals surface area contributed by atoms with E-state index in [0.29, 0.717) is 17.5 Å². The maximum Gasteiger partial charge on any atom is 0.164 e. The Balaban J connectivity index is 1.24. The molecule has 2 aromatic heterocycles. The van der Waals surface area contributed by atoms with Crippen LogP contribution < -0.4 is 0 Å². The predicted octanol–water partition coefficient (Wildman–Crippen LogP) is 11.3. The number of para-hydroxylation sites is 1. The highest BCUT2D eigenvalue weighted by atomic mass is 15.0. The van der Waals surface area contributed by atoms with E-state index in [1.807, 2.05) is 36.4 Å². The molecule has 4 nitrogen and oxygen atoms in total. The van der Waals surface area contributed by atoms with Crippen molar-refractivity contribution in [3.8, 4) is 62.1 Å². The maximum atomic E-state index is 5.12. The van der Waals surface area contributed by atoms with Gasteiger partial charge in [-0.25, -0.2) is 15.0 Å². The largest absolute Gasteiger partial charge is 0.309 e. The van der Waals surface area contributed by atoms with Gasteiger partial charge in [0.2, 0.25) is 0 Å². The summed E-state index contributed by atoms with van der Waals surface area (Å²) in [6.07, 6.45) is 0. The van der Waals surface area contributed by atoms with Gasteiger partial charge < -0.3 is 4.57 Å². The summed E-state index contributed by atoms with van der Waals surface area (Å²) < 4.78 is 2.35. The van der Waals surface area contributed by atoms with Gasteiger partial charge in [-0.3, -0.25) is 0 Å². The van der Waals surface area contributed by atoms with Gasteiger partial charge in [0.1, 0.15) is 0 Å². The van der Waals surface area contributed by atoms with Crippen molar-refractivity contribution in [2.24, 2.45) is 0 Å². The van der Waals surface area contributed by atoms with Crippen molar-refractivity contribution in [2.75, 3.05) is 0 Å². The molecule has 0 saturated heterocycles. The fourth-order valence-corrected chi connectivity index (χ4v) is 6.66. The van der Waals surface area contributed by atoms with Gasteiger partial charge in [-0.05, 0) is 52.6 Å². The Hall–Kier alpha value is -6.65. The number of rotatable bonds is 6. The third kappa shape index (κ3) is 5.35. The standard InChI is InChI=1S/C45H30N4/c1-4-14-31(15-5-1)34-20-12-22-36(28-34)44-46-43(33-18-8-3-9-19-33)47-45(48-44)37-26-27-40-39-24-10-11-25-41(39)49(42(40)30-37)38-23-13-21-35(29-38)32-16-6-2-7-17-32/h1-30H. The molecular weight excluding hydrogens is 597 g/mol. The first-order chi connectivity index (χ1) is 24.3. The molecule has 49 heavy (non-hydrogen) atoms. The van der Waals surface area contributed by atoms with E-state index < -0.39 is 0 Å². The zero-order valence-electron chi connectivity index (χ0n) is 26.6. The first kappa shape index (κ1) is 28.6. The summed E-state index contributed by atoms with van der Waals surface area (Å²) in [6.45, 7) is 0. The highest BCUT2D eigenvalue weighted by Crippen LogP contribution is 2.36. The molecule has 0 amide bonds. The average Bonchev–Trinajstić information content (AvgIpc) is 3.52. The Labute approximate surface area is 284 Å². The summed E-state index contributed by atoms with van der Waals surface area (Å²) in [5.41, 5.74) is 10.8. The van der Waals surface area contributed by atoms with Crippen molar-refractivity contribution < 1.29 is 0 Å². The highest BCUT2D eigenvalue weighted by molar-refractivity contribution is 6.10. The van der Waals surface area contributed by atoms with Crippen LogP contribution in [0, 0.1) is 0 Å². The first-order valence-corrected chi connectivity index (χ1v) is 16.5. The summed E-state index contributed by atoms with van der Waals surface area (Å²) >= 11 is 0. The lowest BCUT2D eigenvalue weighted by Crippen LogP contribution is -2.00. The molecule has 0 N–H and O–H groups in total. The third-order valence-electron chi connectivity index (χ3n) is 9.04. The van der Waals surface area contributed by atoms with Gasteiger partial charge in [-0.2, -0.15) is 0 Å². The van der Waals surface area contributed by atoms with E-state index >= 15 is 0 Å². The van der Waals surface area contributed by atoms with Gasteiger partial charge >= 0.3 is 0 Å². The number of hydrogen-bond donors (Lipinski definition) is 0. The average molecular weight is 627 g/mol. The molecule has 0 atom stereocenters. The van der Waals surface area contributed by atoms with Crippen LogP contribution in [0.5, 0.6) is 0 Å². The van der Waals surface area contributed by atoms with E-state index in [-0.39, 0.29) is 0 Å². The lowest BCUT2D eigenvalue weighted by atomic mass is 10.0. The van der Waals surface area contributed by atoms with E-state index in [1.54, 1.807) is 0 Å². The second kappa shape index (κ2) is 12.2. The minimum absolute atomic E-state index is 0.630. The monoisotopic (exact) mass is 626 g/mol. The van der Waals surface area contributed by atoms with Crippen molar-refractivity contribution >= 4 is 21.8 Å². The Bertz CT molecular complexity index is 2590. The molecule has 4 heteroatoms. The second-order valence-corrected chi connectivity index (χ2v) is 12.1. The minimum atomic E-state index is 0.630. The van der Waals surface area contributed by atoms with Gasteiger partial charge in [-0.15, -0.1) is 0 Å².